The van der Waals surface area contributed by atoms with E-state index in [-0.39, 0.29) is 35.2 Å². The van der Waals surface area contributed by atoms with Crippen molar-refractivity contribution in [1.29, 1.82) is 0 Å². The van der Waals surface area contributed by atoms with Gasteiger partial charge in [0.25, 0.3) is 0 Å². The number of nitrogens with two attached hydrogens (primary N) is 1. The molecule has 0 bridgehead atoms. The third kappa shape index (κ3) is 6.90. The average Bonchev–Trinajstić information content (AvgIpc) is 2.72. The molecule has 1 aromatic rings. The predicted octanol–water partition coefficient (Wildman–Crippen LogP) is 2.80. The molecule has 1 heterocycles. The quantitative estimate of drug-likeness (QED) is 0.284. The van der Waals surface area contributed by atoms with Crippen LogP contribution < -0.4 is 5.73 Å². The van der Waals surface area contributed by atoms with Crippen LogP contribution in [-0.4, -0.2) is 46.7 Å². The van der Waals surface area contributed by atoms with Crippen molar-refractivity contribution >= 4 is 34.9 Å². The molecule has 1 aliphatic heterocycles. The number of nitrogens with zero attached hydrogens (tertiary/aromatic N) is 1. The molecular weight excluding hydrogens is 392 g/mol. The zero-order chi connectivity index (χ0) is 21.4. The van der Waals surface area contributed by atoms with Crippen LogP contribution in [0.2, 0.25) is 0 Å². The van der Waals surface area contributed by atoms with Gasteiger partial charge in [-0.1, -0.05) is 50.3 Å². The topological polar surface area (TPSA) is 98.9 Å². The van der Waals surface area contributed by atoms with E-state index in [0.29, 0.717) is 49.9 Å². The molecule has 1 aliphatic rings. The molecule has 2 N–H and O–H groups in total. The van der Waals surface area contributed by atoms with Crippen molar-refractivity contribution in [1.82, 2.24) is 4.90 Å². The number of amides is 1. The second-order valence-corrected chi connectivity index (χ2v) is 7.74. The molecule has 1 aromatic carbocycles. The summed E-state index contributed by atoms with van der Waals surface area (Å²) in [6.07, 6.45) is 2.14. The van der Waals surface area contributed by atoms with Crippen molar-refractivity contribution in [3.8, 4) is 0 Å². The van der Waals surface area contributed by atoms with Gasteiger partial charge in [-0.05, 0) is 19.3 Å². The molecule has 29 heavy (non-hydrogen) atoms. The molecular formula is C21H28N2O5S. The van der Waals surface area contributed by atoms with Crippen LogP contribution in [0.15, 0.2) is 24.3 Å². The van der Waals surface area contributed by atoms with E-state index in [4.69, 9.17) is 27.7 Å². The first-order valence-corrected chi connectivity index (χ1v) is 10.3. The van der Waals surface area contributed by atoms with E-state index in [1.807, 2.05) is 6.92 Å². The van der Waals surface area contributed by atoms with Crippen LogP contribution in [-0.2, 0) is 19.4 Å². The molecule has 1 saturated heterocycles. The summed E-state index contributed by atoms with van der Waals surface area (Å²) in [5, 5.41) is 0. The molecule has 2 rings (SSSR count). The highest BCUT2D eigenvalue weighted by Crippen LogP contribution is 2.19. The van der Waals surface area contributed by atoms with Crippen molar-refractivity contribution < 1.29 is 24.2 Å². The fourth-order valence-corrected chi connectivity index (χ4v) is 3.29. The maximum Gasteiger partial charge on any atom is 0.342 e. The number of hydrogen-bond acceptors (Lipinski definition) is 6. The van der Waals surface area contributed by atoms with Crippen molar-refractivity contribution in [2.75, 3.05) is 13.1 Å². The van der Waals surface area contributed by atoms with Crippen molar-refractivity contribution in [2.24, 2.45) is 11.7 Å². The lowest BCUT2D eigenvalue weighted by molar-refractivity contribution is -0.303. The van der Waals surface area contributed by atoms with E-state index >= 15 is 0 Å². The van der Waals surface area contributed by atoms with Gasteiger partial charge in [0, 0.05) is 43.0 Å². The highest BCUT2D eigenvalue weighted by molar-refractivity contribution is 7.80. The Hall–Kier alpha value is -2.32. The van der Waals surface area contributed by atoms with Crippen molar-refractivity contribution in [3.05, 3.63) is 35.4 Å². The van der Waals surface area contributed by atoms with E-state index in [1.54, 1.807) is 36.1 Å². The minimum absolute atomic E-state index is 0.0560. The minimum atomic E-state index is -0.419. The summed E-state index contributed by atoms with van der Waals surface area (Å²) in [5.41, 5.74) is 6.80. The van der Waals surface area contributed by atoms with Gasteiger partial charge >= 0.3 is 5.97 Å². The summed E-state index contributed by atoms with van der Waals surface area (Å²) in [4.78, 5) is 48.5. The number of likely N-dealkylation sites (tertiary alicyclic amines) is 1. The van der Waals surface area contributed by atoms with Crippen LogP contribution in [0.3, 0.4) is 0 Å². The van der Waals surface area contributed by atoms with Crippen LogP contribution >= 0.6 is 12.2 Å². The number of benzene rings is 1. The fourth-order valence-electron chi connectivity index (χ4n) is 3.16. The molecule has 7 nitrogen and oxygen atoms in total. The van der Waals surface area contributed by atoms with E-state index in [9.17, 15) is 14.4 Å². The Morgan fingerprint density at radius 1 is 1.17 bits per heavy atom. The van der Waals surface area contributed by atoms with Gasteiger partial charge in [0.2, 0.25) is 5.91 Å². The zero-order valence-corrected chi connectivity index (χ0v) is 17.7. The third-order valence-corrected chi connectivity index (χ3v) is 5.13. The van der Waals surface area contributed by atoms with Crippen LogP contribution in [0.4, 0.5) is 0 Å². The molecule has 1 fully saturated rings. The van der Waals surface area contributed by atoms with Crippen LogP contribution in [0.5, 0.6) is 0 Å². The lowest BCUT2D eigenvalue weighted by Gasteiger charge is -2.32. The Morgan fingerprint density at radius 2 is 1.76 bits per heavy atom. The van der Waals surface area contributed by atoms with Gasteiger partial charge < -0.3 is 10.6 Å². The standard InChI is InChI=1S/C21H28N2O5S/c1-3-4-19(25)28-27-17-9-11-23(12-10-17)21(26)14(2)13-18(24)15-5-7-16(8-6-15)20(22)29/h5-8,14,17H,3-4,9-13H2,1-2H3,(H2,22,29). The lowest BCUT2D eigenvalue weighted by atomic mass is 9.96. The zero-order valence-electron chi connectivity index (χ0n) is 16.9. The fraction of sp³-hybridized carbons (Fsp3) is 0.524. The summed E-state index contributed by atoms with van der Waals surface area (Å²) in [6.45, 7) is 4.67. The highest BCUT2D eigenvalue weighted by atomic mass is 32.1. The number of Topliss-reactive ketones (excluding diaryl/α,β-unsaturated/α-hetero) is 1. The van der Waals surface area contributed by atoms with E-state index in [0.717, 1.165) is 0 Å². The Labute approximate surface area is 176 Å². The summed E-state index contributed by atoms with van der Waals surface area (Å²) in [5.74, 6) is -0.946. The smallest absolute Gasteiger partial charge is 0.342 e. The number of carbonyl (C=O) groups is 3. The lowest BCUT2D eigenvalue weighted by Crippen LogP contribution is -2.43. The van der Waals surface area contributed by atoms with Crippen molar-refractivity contribution in [2.45, 2.75) is 52.1 Å². The monoisotopic (exact) mass is 420 g/mol. The molecule has 1 atom stereocenters. The Bertz CT molecular complexity index is 742. The Kier molecular flexibility index (Phi) is 8.72. The van der Waals surface area contributed by atoms with Gasteiger partial charge in [-0.2, -0.15) is 4.89 Å². The summed E-state index contributed by atoms with van der Waals surface area (Å²) >= 11 is 4.91. The predicted molar refractivity (Wildman–Crippen MR) is 112 cm³/mol. The second-order valence-electron chi connectivity index (χ2n) is 7.30. The summed E-state index contributed by atoms with van der Waals surface area (Å²) in [7, 11) is 0. The number of ketones is 1. The summed E-state index contributed by atoms with van der Waals surface area (Å²) in [6, 6.07) is 6.77. The average molecular weight is 421 g/mol. The Morgan fingerprint density at radius 3 is 2.31 bits per heavy atom. The van der Waals surface area contributed by atoms with E-state index in [2.05, 4.69) is 0 Å². The van der Waals surface area contributed by atoms with Crippen LogP contribution in [0.25, 0.3) is 0 Å². The van der Waals surface area contributed by atoms with Gasteiger partial charge in [-0.15, -0.1) is 0 Å². The van der Waals surface area contributed by atoms with E-state index in [1.165, 1.54) is 0 Å². The van der Waals surface area contributed by atoms with Gasteiger partial charge in [-0.3, -0.25) is 14.5 Å². The van der Waals surface area contributed by atoms with Gasteiger partial charge in [0.15, 0.2) is 5.78 Å². The molecule has 8 heteroatoms. The number of hydrogen-bond donors (Lipinski definition) is 1. The van der Waals surface area contributed by atoms with Gasteiger partial charge in [0.05, 0.1) is 0 Å². The van der Waals surface area contributed by atoms with Crippen molar-refractivity contribution in [3.63, 3.8) is 0 Å². The molecule has 0 spiro atoms. The Balaban J connectivity index is 1.79. The molecule has 1 amide bonds. The molecule has 1 unspecified atom stereocenters. The molecule has 0 saturated carbocycles. The normalized spacial score (nSPS) is 15.6. The minimum Gasteiger partial charge on any atom is -0.389 e. The first kappa shape index (κ1) is 23.0. The number of piperidine rings is 1. The molecule has 0 aliphatic carbocycles. The third-order valence-electron chi connectivity index (χ3n) is 4.89. The van der Waals surface area contributed by atoms with Gasteiger partial charge in [-0.25, -0.2) is 4.79 Å². The van der Waals surface area contributed by atoms with Crippen LogP contribution in [0, 0.1) is 5.92 Å². The molecule has 0 aromatic heterocycles. The number of thiocarbonyl (C=S) groups is 1. The van der Waals surface area contributed by atoms with Gasteiger partial charge in [0.1, 0.15) is 11.1 Å². The number of carbonyl (C=O) groups excluding carboxylic acids is 3. The summed E-state index contributed by atoms with van der Waals surface area (Å²) < 4.78 is 0. The first-order chi connectivity index (χ1) is 13.8. The van der Waals surface area contributed by atoms with Crippen LogP contribution in [0.1, 0.15) is 61.9 Å². The second kappa shape index (κ2) is 11.0. The SMILES string of the molecule is CCCC(=O)OOC1CCN(C(=O)C(C)CC(=O)c2ccc(C(N)=S)cc2)CC1. The first-order valence-electron chi connectivity index (χ1n) is 9.89. The van der Waals surface area contributed by atoms with E-state index < -0.39 is 5.92 Å². The maximum atomic E-state index is 12.7. The largest absolute Gasteiger partial charge is 0.389 e. The molecule has 158 valence electrons. The molecule has 0 radical (unpaired) electrons. The maximum absolute atomic E-state index is 12.7. The highest BCUT2D eigenvalue weighted by Gasteiger charge is 2.28. The number of rotatable bonds is 9.